The molecule has 0 saturated carbocycles. The molecule has 176 valence electrons. The number of thioether (sulfide) groups is 1. The summed E-state index contributed by atoms with van der Waals surface area (Å²) in [5.41, 5.74) is 3.09. The van der Waals surface area contributed by atoms with Crippen LogP contribution in [0.15, 0.2) is 66.7 Å². The van der Waals surface area contributed by atoms with E-state index in [1.165, 1.54) is 12.1 Å². The standard InChI is InChI=1S/C26H24F2N2O3S/c1-15(21-11-8-19(27)14-22(21)28)29-24(17-6-9-20(33-2)10-7-17)18-5-3-4-16(12-18)13-23-25(31)30-26(32)34-23/h3-12,14-15,23-24,29H,13H2,1-2H3,(H,30,31,32). The molecule has 1 saturated heterocycles. The fraction of sp³-hybridized carbons (Fsp3) is 0.231. The molecule has 3 aromatic rings. The Balaban J connectivity index is 1.65. The topological polar surface area (TPSA) is 67.4 Å². The Kier molecular flexibility index (Phi) is 7.29. The van der Waals surface area contributed by atoms with Gasteiger partial charge in [-0.15, -0.1) is 0 Å². The highest BCUT2D eigenvalue weighted by molar-refractivity contribution is 8.15. The lowest BCUT2D eigenvalue weighted by Crippen LogP contribution is -2.27. The number of halogens is 2. The molecule has 1 aliphatic rings. The van der Waals surface area contributed by atoms with Crippen molar-refractivity contribution in [3.05, 3.63) is 101 Å². The number of hydrogen-bond donors (Lipinski definition) is 2. The number of rotatable bonds is 8. The molecule has 34 heavy (non-hydrogen) atoms. The maximum Gasteiger partial charge on any atom is 0.286 e. The number of imide groups is 1. The molecule has 3 aromatic carbocycles. The van der Waals surface area contributed by atoms with Gasteiger partial charge in [-0.25, -0.2) is 8.78 Å². The van der Waals surface area contributed by atoms with Crippen molar-refractivity contribution < 1.29 is 23.1 Å². The number of benzene rings is 3. The van der Waals surface area contributed by atoms with Crippen LogP contribution < -0.4 is 15.4 Å². The maximum absolute atomic E-state index is 14.5. The first-order chi connectivity index (χ1) is 16.3. The van der Waals surface area contributed by atoms with Gasteiger partial charge in [0, 0.05) is 17.7 Å². The summed E-state index contributed by atoms with van der Waals surface area (Å²) >= 11 is 0.992. The molecule has 3 unspecified atom stereocenters. The van der Waals surface area contributed by atoms with Gasteiger partial charge in [0.15, 0.2) is 0 Å². The van der Waals surface area contributed by atoms with Gasteiger partial charge in [-0.1, -0.05) is 54.2 Å². The van der Waals surface area contributed by atoms with Crippen LogP contribution in [-0.4, -0.2) is 23.5 Å². The predicted octanol–water partition coefficient (Wildman–Crippen LogP) is 5.31. The lowest BCUT2D eigenvalue weighted by Gasteiger charge is -2.26. The molecular formula is C26H24F2N2O3S. The van der Waals surface area contributed by atoms with Gasteiger partial charge in [0.2, 0.25) is 5.91 Å². The molecule has 0 aromatic heterocycles. The van der Waals surface area contributed by atoms with Crippen molar-refractivity contribution in [1.82, 2.24) is 10.6 Å². The van der Waals surface area contributed by atoms with E-state index < -0.39 is 22.9 Å². The van der Waals surface area contributed by atoms with E-state index in [2.05, 4.69) is 10.6 Å². The molecule has 0 radical (unpaired) electrons. The van der Waals surface area contributed by atoms with Crippen LogP contribution in [0.2, 0.25) is 0 Å². The van der Waals surface area contributed by atoms with E-state index >= 15 is 0 Å². The molecule has 1 aliphatic heterocycles. The van der Waals surface area contributed by atoms with Crippen molar-refractivity contribution in [2.45, 2.75) is 30.7 Å². The highest BCUT2D eigenvalue weighted by Crippen LogP contribution is 2.30. The number of carbonyl (C=O) groups is 2. The van der Waals surface area contributed by atoms with Gasteiger partial charge in [-0.05, 0) is 48.2 Å². The second kappa shape index (κ2) is 10.4. The molecule has 1 fully saturated rings. The molecule has 3 atom stereocenters. The summed E-state index contributed by atoms with van der Waals surface area (Å²) in [5, 5.41) is 4.97. The average Bonchev–Trinajstić information content (AvgIpc) is 3.13. The largest absolute Gasteiger partial charge is 0.497 e. The normalized spacial score (nSPS) is 17.4. The van der Waals surface area contributed by atoms with Crippen LogP contribution in [0.1, 0.15) is 41.3 Å². The van der Waals surface area contributed by atoms with Crippen molar-refractivity contribution in [3.63, 3.8) is 0 Å². The first-order valence-corrected chi connectivity index (χ1v) is 11.7. The second-order valence-corrected chi connectivity index (χ2v) is 9.27. The number of amides is 2. The highest BCUT2D eigenvalue weighted by Gasteiger charge is 2.31. The SMILES string of the molecule is COc1ccc(C(NC(C)c2ccc(F)cc2F)c2cccc(CC3SC(=O)NC3=O)c2)cc1. The minimum Gasteiger partial charge on any atom is -0.497 e. The number of carbonyl (C=O) groups excluding carboxylic acids is 2. The third-order valence-electron chi connectivity index (χ3n) is 5.77. The van der Waals surface area contributed by atoms with Crippen molar-refractivity contribution >= 4 is 22.9 Å². The van der Waals surface area contributed by atoms with Crippen LogP contribution in [0, 0.1) is 11.6 Å². The van der Waals surface area contributed by atoms with Gasteiger partial charge in [0.1, 0.15) is 17.4 Å². The number of hydrogen-bond acceptors (Lipinski definition) is 5. The van der Waals surface area contributed by atoms with Gasteiger partial charge in [0.05, 0.1) is 18.4 Å². The van der Waals surface area contributed by atoms with Crippen LogP contribution in [0.3, 0.4) is 0 Å². The van der Waals surface area contributed by atoms with Crippen LogP contribution in [0.25, 0.3) is 0 Å². The van der Waals surface area contributed by atoms with Crippen LogP contribution >= 0.6 is 11.8 Å². The predicted molar refractivity (Wildman–Crippen MR) is 128 cm³/mol. The maximum atomic E-state index is 14.5. The third-order valence-corrected chi connectivity index (χ3v) is 6.75. The molecule has 0 spiro atoms. The average molecular weight is 483 g/mol. The van der Waals surface area contributed by atoms with E-state index in [1.807, 2.05) is 55.5 Å². The fourth-order valence-corrected chi connectivity index (χ4v) is 4.87. The van der Waals surface area contributed by atoms with E-state index in [0.29, 0.717) is 17.7 Å². The molecule has 2 N–H and O–H groups in total. The van der Waals surface area contributed by atoms with E-state index in [9.17, 15) is 18.4 Å². The van der Waals surface area contributed by atoms with Crippen molar-refractivity contribution in [2.24, 2.45) is 0 Å². The molecule has 1 heterocycles. The number of ether oxygens (including phenoxy) is 1. The Hall–Kier alpha value is -3.23. The van der Waals surface area contributed by atoms with Crippen LogP contribution in [0.5, 0.6) is 5.75 Å². The first kappa shape index (κ1) is 23.9. The van der Waals surface area contributed by atoms with Gasteiger partial charge in [-0.3, -0.25) is 20.2 Å². The summed E-state index contributed by atoms with van der Waals surface area (Å²) in [6.45, 7) is 1.82. The van der Waals surface area contributed by atoms with Crippen molar-refractivity contribution in [2.75, 3.05) is 7.11 Å². The quantitative estimate of drug-likeness (QED) is 0.456. The molecule has 2 amide bonds. The summed E-state index contributed by atoms with van der Waals surface area (Å²) in [7, 11) is 1.59. The van der Waals surface area contributed by atoms with Gasteiger partial charge >= 0.3 is 0 Å². The van der Waals surface area contributed by atoms with E-state index in [4.69, 9.17) is 4.74 Å². The molecule has 4 rings (SSSR count). The summed E-state index contributed by atoms with van der Waals surface area (Å²) < 4.78 is 33.1. The zero-order valence-electron chi connectivity index (χ0n) is 18.7. The molecule has 8 heteroatoms. The molecule has 5 nitrogen and oxygen atoms in total. The van der Waals surface area contributed by atoms with E-state index in [0.717, 1.165) is 34.5 Å². The summed E-state index contributed by atoms with van der Waals surface area (Å²) in [5.74, 6) is -0.815. The Morgan fingerprint density at radius 2 is 1.79 bits per heavy atom. The first-order valence-electron chi connectivity index (χ1n) is 10.8. The second-order valence-electron chi connectivity index (χ2n) is 8.09. The molecule has 0 aliphatic carbocycles. The number of methoxy groups -OCH3 is 1. The number of nitrogens with one attached hydrogen (secondary N) is 2. The Bertz CT molecular complexity index is 1200. The van der Waals surface area contributed by atoms with E-state index in [-0.39, 0.29) is 17.2 Å². The minimum absolute atomic E-state index is 0.286. The van der Waals surface area contributed by atoms with Gasteiger partial charge in [-0.2, -0.15) is 0 Å². The Morgan fingerprint density at radius 3 is 2.44 bits per heavy atom. The van der Waals surface area contributed by atoms with Crippen LogP contribution in [0.4, 0.5) is 13.6 Å². The minimum atomic E-state index is -0.625. The molecular weight excluding hydrogens is 458 g/mol. The Morgan fingerprint density at radius 1 is 1.03 bits per heavy atom. The summed E-state index contributed by atoms with van der Waals surface area (Å²) in [6, 6.07) is 18.1. The van der Waals surface area contributed by atoms with Crippen molar-refractivity contribution in [1.29, 1.82) is 0 Å². The van der Waals surface area contributed by atoms with E-state index in [1.54, 1.807) is 7.11 Å². The van der Waals surface area contributed by atoms with Gasteiger partial charge in [0.25, 0.3) is 5.24 Å². The lowest BCUT2D eigenvalue weighted by atomic mass is 9.94. The smallest absolute Gasteiger partial charge is 0.286 e. The van der Waals surface area contributed by atoms with Crippen molar-refractivity contribution in [3.8, 4) is 5.75 Å². The zero-order chi connectivity index (χ0) is 24.2. The summed E-state index contributed by atoms with van der Waals surface area (Å²) in [4.78, 5) is 23.5. The fourth-order valence-electron chi connectivity index (χ4n) is 4.02. The summed E-state index contributed by atoms with van der Waals surface area (Å²) in [6.07, 6.45) is 0.410. The highest BCUT2D eigenvalue weighted by atomic mass is 32.2. The third kappa shape index (κ3) is 5.46. The lowest BCUT2D eigenvalue weighted by molar-refractivity contribution is -0.118. The Labute approximate surface area is 200 Å². The van der Waals surface area contributed by atoms with Gasteiger partial charge < -0.3 is 4.74 Å². The molecule has 0 bridgehead atoms. The van der Waals surface area contributed by atoms with Crippen LogP contribution in [-0.2, 0) is 11.2 Å². The monoisotopic (exact) mass is 482 g/mol. The zero-order valence-corrected chi connectivity index (χ0v) is 19.5.